The second kappa shape index (κ2) is 4.88. The van der Waals surface area contributed by atoms with E-state index in [0.717, 1.165) is 12.1 Å². The van der Waals surface area contributed by atoms with Crippen LogP contribution in [0.3, 0.4) is 0 Å². The molecule has 1 aromatic carbocycles. The van der Waals surface area contributed by atoms with E-state index in [-0.39, 0.29) is 0 Å². The molecule has 0 spiro atoms. The van der Waals surface area contributed by atoms with Gasteiger partial charge in [-0.1, -0.05) is 24.8 Å². The lowest BCUT2D eigenvalue weighted by Crippen LogP contribution is -2.41. The summed E-state index contributed by atoms with van der Waals surface area (Å²) in [5, 5.41) is 0. The molecule has 114 valence electrons. The molecule has 2 nitrogen and oxygen atoms in total. The van der Waals surface area contributed by atoms with Gasteiger partial charge in [0, 0.05) is 0 Å². The van der Waals surface area contributed by atoms with Crippen molar-refractivity contribution in [2.45, 2.75) is 45.1 Å². The Kier molecular flexibility index (Phi) is 3.75. The second-order valence-corrected chi connectivity index (χ2v) is 6.18. The zero-order valence-corrected chi connectivity index (χ0v) is 12.5. The molecule has 0 amide bonds. The summed E-state index contributed by atoms with van der Waals surface area (Å²) in [6.07, 6.45) is -3.04. The third-order valence-corrected chi connectivity index (χ3v) is 4.07. The van der Waals surface area contributed by atoms with Crippen LogP contribution in [0.15, 0.2) is 24.8 Å². The van der Waals surface area contributed by atoms with Gasteiger partial charge in [-0.25, -0.2) is 0 Å². The lowest BCUT2D eigenvalue weighted by molar-refractivity contribution is -0.137. The van der Waals surface area contributed by atoms with Gasteiger partial charge in [0.25, 0.3) is 0 Å². The van der Waals surface area contributed by atoms with Gasteiger partial charge < -0.3 is 9.31 Å². The Hall–Kier alpha value is -1.27. The molecule has 1 aromatic rings. The van der Waals surface area contributed by atoms with Crippen LogP contribution in [0.1, 0.15) is 38.8 Å². The van der Waals surface area contributed by atoms with Gasteiger partial charge in [0.2, 0.25) is 0 Å². The van der Waals surface area contributed by atoms with Crippen molar-refractivity contribution in [3.63, 3.8) is 0 Å². The average Bonchev–Trinajstić information content (AvgIpc) is 2.57. The highest BCUT2D eigenvalue weighted by molar-refractivity contribution is 6.62. The molecular formula is C15H18BF3O2. The molecule has 0 aromatic heterocycles. The van der Waals surface area contributed by atoms with Crippen molar-refractivity contribution in [2.24, 2.45) is 0 Å². The van der Waals surface area contributed by atoms with Crippen molar-refractivity contribution in [2.75, 3.05) is 0 Å². The minimum Gasteiger partial charge on any atom is -0.399 e. The quantitative estimate of drug-likeness (QED) is 0.776. The Bertz CT molecular complexity index is 549. The Morgan fingerprint density at radius 2 is 1.57 bits per heavy atom. The lowest BCUT2D eigenvalue weighted by atomic mass is 9.77. The molecule has 6 heteroatoms. The molecule has 1 heterocycles. The van der Waals surface area contributed by atoms with Gasteiger partial charge in [-0.3, -0.25) is 0 Å². The van der Waals surface area contributed by atoms with Crippen LogP contribution in [0.5, 0.6) is 0 Å². The molecule has 1 saturated heterocycles. The molecule has 21 heavy (non-hydrogen) atoms. The molecule has 0 aliphatic carbocycles. The minimum absolute atomic E-state index is 0.346. The summed E-state index contributed by atoms with van der Waals surface area (Å²) in [6.45, 7) is 11.0. The van der Waals surface area contributed by atoms with Crippen LogP contribution in [-0.2, 0) is 15.5 Å². The molecule has 0 radical (unpaired) electrons. The number of rotatable bonds is 2. The highest BCUT2D eigenvalue weighted by Crippen LogP contribution is 2.37. The monoisotopic (exact) mass is 298 g/mol. The molecule has 1 aliphatic heterocycles. The number of alkyl halides is 3. The summed E-state index contributed by atoms with van der Waals surface area (Å²) < 4.78 is 50.5. The van der Waals surface area contributed by atoms with Gasteiger partial charge in [0.1, 0.15) is 0 Å². The van der Waals surface area contributed by atoms with Crippen LogP contribution in [0.25, 0.3) is 6.08 Å². The topological polar surface area (TPSA) is 18.5 Å². The van der Waals surface area contributed by atoms with Crippen LogP contribution in [0.2, 0.25) is 0 Å². The van der Waals surface area contributed by atoms with Crippen molar-refractivity contribution in [3.05, 3.63) is 35.9 Å². The largest absolute Gasteiger partial charge is 0.494 e. The minimum atomic E-state index is -4.42. The maximum absolute atomic E-state index is 13.0. The highest BCUT2D eigenvalue weighted by atomic mass is 19.4. The number of hydrogen-bond acceptors (Lipinski definition) is 2. The SMILES string of the molecule is C=Cc1cc(B2OC(C)(C)C(C)(C)O2)cc(C(F)(F)F)c1. The zero-order valence-electron chi connectivity index (χ0n) is 12.5. The van der Waals surface area contributed by atoms with Gasteiger partial charge >= 0.3 is 13.3 Å². The molecule has 0 atom stereocenters. The predicted molar refractivity (Wildman–Crippen MR) is 77.3 cm³/mol. The number of benzene rings is 1. The lowest BCUT2D eigenvalue weighted by Gasteiger charge is -2.32. The molecule has 0 saturated carbocycles. The fourth-order valence-corrected chi connectivity index (χ4v) is 2.07. The molecule has 0 N–H and O–H groups in total. The summed E-state index contributed by atoms with van der Waals surface area (Å²) in [6, 6.07) is 3.72. The van der Waals surface area contributed by atoms with Crippen LogP contribution in [-0.4, -0.2) is 18.3 Å². The van der Waals surface area contributed by atoms with E-state index < -0.39 is 30.1 Å². The molecule has 1 fully saturated rings. The maximum atomic E-state index is 13.0. The second-order valence-electron chi connectivity index (χ2n) is 6.18. The van der Waals surface area contributed by atoms with Crippen molar-refractivity contribution < 1.29 is 22.5 Å². The Morgan fingerprint density at radius 1 is 1.05 bits per heavy atom. The highest BCUT2D eigenvalue weighted by Gasteiger charge is 2.52. The van der Waals surface area contributed by atoms with E-state index in [2.05, 4.69) is 6.58 Å². The molecule has 1 aliphatic rings. The third-order valence-electron chi connectivity index (χ3n) is 4.07. The Balaban J connectivity index is 2.44. The van der Waals surface area contributed by atoms with E-state index in [1.807, 2.05) is 27.7 Å². The third kappa shape index (κ3) is 3.01. The van der Waals surface area contributed by atoms with E-state index in [1.54, 1.807) is 6.07 Å². The first-order chi connectivity index (χ1) is 9.46. The van der Waals surface area contributed by atoms with Crippen molar-refractivity contribution in [1.82, 2.24) is 0 Å². The van der Waals surface area contributed by atoms with Crippen LogP contribution >= 0.6 is 0 Å². The Labute approximate surface area is 123 Å². The summed E-state index contributed by atoms with van der Waals surface area (Å²) >= 11 is 0. The first kappa shape index (κ1) is 16.1. The fourth-order valence-electron chi connectivity index (χ4n) is 2.07. The molecular weight excluding hydrogens is 280 g/mol. The van der Waals surface area contributed by atoms with Gasteiger partial charge in [-0.15, -0.1) is 0 Å². The van der Waals surface area contributed by atoms with E-state index in [1.165, 1.54) is 6.08 Å². The fraction of sp³-hybridized carbons (Fsp3) is 0.467. The van der Waals surface area contributed by atoms with Crippen molar-refractivity contribution in [1.29, 1.82) is 0 Å². The standard InChI is InChI=1S/C15H18BF3O2/c1-6-10-7-11(15(17,18)19)9-12(8-10)16-20-13(2,3)14(4,5)21-16/h6-9H,1H2,2-5H3. The van der Waals surface area contributed by atoms with Crippen LogP contribution in [0, 0.1) is 0 Å². The average molecular weight is 298 g/mol. The van der Waals surface area contributed by atoms with E-state index in [4.69, 9.17) is 9.31 Å². The number of hydrogen-bond donors (Lipinski definition) is 0. The van der Waals surface area contributed by atoms with Crippen molar-refractivity contribution in [3.8, 4) is 0 Å². The van der Waals surface area contributed by atoms with E-state index in [9.17, 15) is 13.2 Å². The maximum Gasteiger partial charge on any atom is 0.494 e. The van der Waals surface area contributed by atoms with Gasteiger partial charge in [0.05, 0.1) is 16.8 Å². The summed E-state index contributed by atoms with van der Waals surface area (Å²) in [4.78, 5) is 0. The van der Waals surface area contributed by atoms with Gasteiger partial charge in [-0.2, -0.15) is 13.2 Å². The van der Waals surface area contributed by atoms with Crippen LogP contribution < -0.4 is 5.46 Å². The van der Waals surface area contributed by atoms with Crippen LogP contribution in [0.4, 0.5) is 13.2 Å². The Morgan fingerprint density at radius 3 is 2.00 bits per heavy atom. The van der Waals surface area contributed by atoms with Gasteiger partial charge in [-0.05, 0) is 44.8 Å². The summed E-state index contributed by atoms with van der Waals surface area (Å²) in [5.74, 6) is 0. The first-order valence-electron chi connectivity index (χ1n) is 6.66. The predicted octanol–water partition coefficient (Wildman–Crippen LogP) is 3.65. The van der Waals surface area contributed by atoms with E-state index in [0.29, 0.717) is 11.0 Å². The smallest absolute Gasteiger partial charge is 0.399 e. The first-order valence-corrected chi connectivity index (χ1v) is 6.66. The molecule has 2 rings (SSSR count). The van der Waals surface area contributed by atoms with E-state index >= 15 is 0 Å². The summed E-state index contributed by atoms with van der Waals surface area (Å²) in [5.41, 5.74) is -1.20. The normalized spacial score (nSPS) is 20.6. The van der Waals surface area contributed by atoms with Gasteiger partial charge in [0.15, 0.2) is 0 Å². The molecule has 0 unspecified atom stereocenters. The molecule has 0 bridgehead atoms. The summed E-state index contributed by atoms with van der Waals surface area (Å²) in [7, 11) is -0.823. The number of halogens is 3. The van der Waals surface area contributed by atoms with Crippen molar-refractivity contribution >= 4 is 18.7 Å². The zero-order chi connectivity index (χ0) is 16.1.